The number of hydrogen-bond donors (Lipinski definition) is 1. The molecule has 1 fully saturated rings. The van der Waals surface area contributed by atoms with Crippen LogP contribution in [0, 0.1) is 5.92 Å². The fourth-order valence-corrected chi connectivity index (χ4v) is 5.82. The maximum Gasteiger partial charge on any atom is 0.270 e. The van der Waals surface area contributed by atoms with Gasteiger partial charge in [0.05, 0.1) is 17.7 Å². The molecule has 0 aliphatic carbocycles. The van der Waals surface area contributed by atoms with E-state index in [9.17, 15) is 14.4 Å². The number of nitrogens with zero attached hydrogens (tertiary/aromatic N) is 2. The summed E-state index contributed by atoms with van der Waals surface area (Å²) in [4.78, 5) is 41.2. The first-order chi connectivity index (χ1) is 17.8. The van der Waals surface area contributed by atoms with Crippen molar-refractivity contribution < 1.29 is 14.3 Å². The summed E-state index contributed by atoms with van der Waals surface area (Å²) in [6, 6.07) is 17.6. The van der Waals surface area contributed by atoms with E-state index in [-0.39, 0.29) is 39.6 Å². The molecular weight excluding hydrogens is 558 g/mol. The van der Waals surface area contributed by atoms with Crippen molar-refractivity contribution in [2.45, 2.75) is 18.9 Å². The molecule has 2 bridgehead atoms. The van der Waals surface area contributed by atoms with Crippen molar-refractivity contribution in [3.8, 4) is 5.75 Å². The Balaban J connectivity index is 1.45. The first-order valence-electron chi connectivity index (χ1n) is 11.9. The molecule has 1 aromatic heterocycles. The molecule has 2 atom stereocenters. The van der Waals surface area contributed by atoms with Crippen molar-refractivity contribution in [1.82, 2.24) is 14.8 Å². The Morgan fingerprint density at radius 3 is 2.65 bits per heavy atom. The van der Waals surface area contributed by atoms with Gasteiger partial charge in [-0.1, -0.05) is 45.7 Å². The zero-order chi connectivity index (χ0) is 26.1. The van der Waals surface area contributed by atoms with Crippen LogP contribution in [0.3, 0.4) is 0 Å². The fraction of sp³-hybridized carbons (Fsp3) is 0.250. The molecule has 1 saturated heterocycles. The molecule has 0 spiro atoms. The fourth-order valence-electron chi connectivity index (χ4n) is 5.14. The Hall–Kier alpha value is -3.36. The summed E-state index contributed by atoms with van der Waals surface area (Å²) in [7, 11) is 1.52. The number of rotatable bonds is 5. The predicted octanol–water partition coefficient (Wildman–Crippen LogP) is 4.69. The van der Waals surface area contributed by atoms with Crippen LogP contribution in [0.25, 0.3) is 6.08 Å². The summed E-state index contributed by atoms with van der Waals surface area (Å²) < 4.78 is 7.85. The zero-order valence-electron chi connectivity index (χ0n) is 20.1. The lowest BCUT2D eigenvalue weighted by molar-refractivity contribution is -0.130. The third-order valence-corrected chi connectivity index (χ3v) is 7.63. The minimum Gasteiger partial charge on any atom is -0.497 e. The Bertz CT molecular complexity index is 1470. The minimum atomic E-state index is -0.489. The standard InChI is InChI=1S/C28H25BrClN3O4/c1-37-21-8-9-22(23(30)13-21)27(35)31-24(12-17-4-2-5-20(29)11-17)28(36)32-14-18-10-19(16-32)25-6-3-7-26(34)33(25)15-18/h2-9,11-13,18-19H,10,14-16H2,1H3,(H,31,35)/b24-12-. The van der Waals surface area contributed by atoms with E-state index >= 15 is 0 Å². The van der Waals surface area contributed by atoms with Crippen molar-refractivity contribution in [2.75, 3.05) is 20.2 Å². The molecule has 2 unspecified atom stereocenters. The summed E-state index contributed by atoms with van der Waals surface area (Å²) >= 11 is 9.79. The van der Waals surface area contributed by atoms with Gasteiger partial charge in [0.15, 0.2) is 0 Å². The lowest BCUT2D eigenvalue weighted by atomic mass is 9.83. The number of halogens is 2. The Labute approximate surface area is 227 Å². The summed E-state index contributed by atoms with van der Waals surface area (Å²) in [6.07, 6.45) is 2.59. The average molecular weight is 583 g/mol. The Kier molecular flexibility index (Phi) is 7.22. The van der Waals surface area contributed by atoms with Crippen LogP contribution in [0.1, 0.15) is 34.0 Å². The van der Waals surface area contributed by atoms with Crippen molar-refractivity contribution in [1.29, 1.82) is 0 Å². The average Bonchev–Trinajstić information content (AvgIpc) is 2.88. The molecule has 2 amide bonds. The van der Waals surface area contributed by atoms with Crippen molar-refractivity contribution >= 4 is 45.4 Å². The quantitative estimate of drug-likeness (QED) is 0.443. The molecule has 9 heteroatoms. The molecule has 2 aliphatic heterocycles. The second-order valence-electron chi connectivity index (χ2n) is 9.32. The molecule has 2 aliphatic rings. The van der Waals surface area contributed by atoms with Gasteiger partial charge < -0.3 is 19.5 Å². The van der Waals surface area contributed by atoms with E-state index in [1.165, 1.54) is 7.11 Å². The van der Waals surface area contributed by atoms with Gasteiger partial charge >= 0.3 is 0 Å². The van der Waals surface area contributed by atoms with E-state index in [0.717, 1.165) is 22.2 Å². The van der Waals surface area contributed by atoms with E-state index in [0.29, 0.717) is 25.4 Å². The highest BCUT2D eigenvalue weighted by Crippen LogP contribution is 2.35. The number of ether oxygens (including phenoxy) is 1. The molecule has 1 N–H and O–H groups in total. The van der Waals surface area contributed by atoms with E-state index in [4.69, 9.17) is 16.3 Å². The normalized spacial score (nSPS) is 18.7. The number of methoxy groups -OCH3 is 1. The number of benzene rings is 2. The highest BCUT2D eigenvalue weighted by molar-refractivity contribution is 9.10. The first-order valence-corrected chi connectivity index (χ1v) is 13.1. The van der Waals surface area contributed by atoms with E-state index < -0.39 is 5.91 Å². The molecule has 3 heterocycles. The number of carbonyl (C=O) groups is 2. The van der Waals surface area contributed by atoms with Crippen LogP contribution in [0.2, 0.25) is 5.02 Å². The lowest BCUT2D eigenvalue weighted by Gasteiger charge is -2.43. The molecular formula is C28H25BrClN3O4. The molecule has 0 radical (unpaired) electrons. The summed E-state index contributed by atoms with van der Waals surface area (Å²) in [5.74, 6) is -0.0177. The number of carbonyl (C=O) groups excluding carboxylic acids is 2. The number of likely N-dealkylation sites (tertiary alicyclic amines) is 1. The predicted molar refractivity (Wildman–Crippen MR) is 146 cm³/mol. The molecule has 190 valence electrons. The van der Waals surface area contributed by atoms with E-state index in [1.54, 1.807) is 41.3 Å². The van der Waals surface area contributed by atoms with Gasteiger partial charge in [0.25, 0.3) is 17.4 Å². The van der Waals surface area contributed by atoms with Crippen LogP contribution in [0.15, 0.2) is 75.6 Å². The topological polar surface area (TPSA) is 80.6 Å². The number of amides is 2. The van der Waals surface area contributed by atoms with Crippen molar-refractivity contribution in [3.05, 3.63) is 103 Å². The smallest absolute Gasteiger partial charge is 0.270 e. The van der Waals surface area contributed by atoms with Gasteiger partial charge in [-0.15, -0.1) is 0 Å². The maximum atomic E-state index is 13.9. The number of aromatic nitrogens is 1. The van der Waals surface area contributed by atoms with Crippen LogP contribution in [0.5, 0.6) is 5.75 Å². The molecule has 7 nitrogen and oxygen atoms in total. The van der Waals surface area contributed by atoms with Crippen LogP contribution < -0.4 is 15.6 Å². The summed E-state index contributed by atoms with van der Waals surface area (Å²) in [6.45, 7) is 1.55. The third-order valence-electron chi connectivity index (χ3n) is 6.83. The Morgan fingerprint density at radius 1 is 1.08 bits per heavy atom. The van der Waals surface area contributed by atoms with Gasteiger partial charge in [0, 0.05) is 41.8 Å². The minimum absolute atomic E-state index is 0.00847. The van der Waals surface area contributed by atoms with Crippen LogP contribution in [-0.2, 0) is 11.3 Å². The molecule has 0 saturated carbocycles. The van der Waals surface area contributed by atoms with Gasteiger partial charge in [-0.05, 0) is 60.4 Å². The van der Waals surface area contributed by atoms with Crippen molar-refractivity contribution in [2.24, 2.45) is 5.92 Å². The first kappa shape index (κ1) is 25.3. The second kappa shape index (κ2) is 10.6. The van der Waals surface area contributed by atoms with Crippen LogP contribution in [-0.4, -0.2) is 41.5 Å². The van der Waals surface area contributed by atoms with E-state index in [1.807, 2.05) is 34.9 Å². The summed E-state index contributed by atoms with van der Waals surface area (Å²) in [5, 5.41) is 3.03. The van der Waals surface area contributed by atoms with Crippen LogP contribution >= 0.6 is 27.5 Å². The SMILES string of the molecule is COc1ccc(C(=O)N/C(=C\c2cccc(Br)c2)C(=O)N2CC3CC(C2)c2cccc(=O)n2C3)c(Cl)c1. The maximum absolute atomic E-state index is 13.9. The monoisotopic (exact) mass is 581 g/mol. The number of hydrogen-bond acceptors (Lipinski definition) is 4. The largest absolute Gasteiger partial charge is 0.497 e. The molecule has 3 aromatic rings. The van der Waals surface area contributed by atoms with Gasteiger partial charge in [-0.2, -0.15) is 0 Å². The van der Waals surface area contributed by atoms with Gasteiger partial charge in [0.2, 0.25) is 0 Å². The van der Waals surface area contributed by atoms with E-state index in [2.05, 4.69) is 21.2 Å². The number of fused-ring (bicyclic) bond motifs is 4. The van der Waals surface area contributed by atoms with Crippen molar-refractivity contribution in [3.63, 3.8) is 0 Å². The number of pyridine rings is 1. The van der Waals surface area contributed by atoms with Crippen LogP contribution in [0.4, 0.5) is 0 Å². The highest BCUT2D eigenvalue weighted by atomic mass is 79.9. The number of piperidine rings is 1. The third kappa shape index (κ3) is 5.36. The zero-order valence-corrected chi connectivity index (χ0v) is 22.5. The lowest BCUT2D eigenvalue weighted by Crippen LogP contribution is -2.50. The molecule has 2 aromatic carbocycles. The molecule has 5 rings (SSSR count). The molecule has 37 heavy (non-hydrogen) atoms. The summed E-state index contributed by atoms with van der Waals surface area (Å²) in [5.41, 5.74) is 2.09. The highest BCUT2D eigenvalue weighted by Gasteiger charge is 2.37. The van der Waals surface area contributed by atoms with Gasteiger partial charge in [0.1, 0.15) is 11.4 Å². The number of nitrogens with one attached hydrogen (secondary N) is 1. The van der Waals surface area contributed by atoms with Gasteiger partial charge in [-0.3, -0.25) is 14.4 Å². The Morgan fingerprint density at radius 2 is 1.89 bits per heavy atom. The van der Waals surface area contributed by atoms with Gasteiger partial charge in [-0.25, -0.2) is 0 Å². The second-order valence-corrected chi connectivity index (χ2v) is 10.6.